The highest BCUT2D eigenvalue weighted by Crippen LogP contribution is 2.16. The molecule has 2 rings (SSSR count). The summed E-state index contributed by atoms with van der Waals surface area (Å²) in [6, 6.07) is 1.37. The van der Waals surface area contributed by atoms with Crippen molar-refractivity contribution in [2.45, 2.75) is 52.3 Å². The number of nitrogens with zero attached hydrogens (tertiary/aromatic N) is 3. The van der Waals surface area contributed by atoms with E-state index in [-0.39, 0.29) is 29.8 Å². The molecule has 0 spiro atoms. The van der Waals surface area contributed by atoms with E-state index in [9.17, 15) is 14.9 Å². The van der Waals surface area contributed by atoms with E-state index in [1.54, 1.807) is 13.8 Å². The Morgan fingerprint density at radius 3 is 2.91 bits per heavy atom. The molecule has 1 saturated heterocycles. The van der Waals surface area contributed by atoms with Gasteiger partial charge in [0.25, 0.3) is 0 Å². The minimum Gasteiger partial charge on any atom is -0.376 e. The summed E-state index contributed by atoms with van der Waals surface area (Å²) in [4.78, 5) is 22.4. The van der Waals surface area contributed by atoms with Crippen LogP contribution in [-0.4, -0.2) is 39.4 Å². The molecule has 22 heavy (non-hydrogen) atoms. The van der Waals surface area contributed by atoms with Gasteiger partial charge < -0.3 is 20.2 Å². The van der Waals surface area contributed by atoms with Gasteiger partial charge in [-0.1, -0.05) is 6.92 Å². The number of aryl methyl sites for hydroxylation is 1. The number of nitrogens with one attached hydrogen (secondary N) is 1. The van der Waals surface area contributed by atoms with Crippen LogP contribution in [0.4, 0.5) is 5.82 Å². The number of hydrogen-bond donors (Lipinski definition) is 1. The molecule has 0 aromatic carbocycles. The minimum absolute atomic E-state index is 0.0366. The van der Waals surface area contributed by atoms with Crippen molar-refractivity contribution >= 4 is 11.7 Å². The largest absolute Gasteiger partial charge is 0.390 e. The van der Waals surface area contributed by atoms with E-state index in [0.717, 1.165) is 19.4 Å². The van der Waals surface area contributed by atoms with Gasteiger partial charge in [-0.2, -0.15) is 4.68 Å². The Kier molecular flexibility index (Phi) is 5.12. The number of nitro groups is 1. The Hall–Kier alpha value is -1.96. The molecule has 0 radical (unpaired) electrons. The highest BCUT2D eigenvalue weighted by atomic mass is 16.6. The third kappa shape index (κ3) is 3.82. The van der Waals surface area contributed by atoms with Crippen LogP contribution in [0, 0.1) is 23.0 Å². The van der Waals surface area contributed by atoms with Crippen molar-refractivity contribution in [2.24, 2.45) is 5.92 Å². The fraction of sp³-hybridized carbons (Fsp3) is 0.714. The van der Waals surface area contributed by atoms with E-state index < -0.39 is 4.92 Å². The third-order valence-corrected chi connectivity index (χ3v) is 3.94. The first-order chi connectivity index (χ1) is 10.4. The van der Waals surface area contributed by atoms with Gasteiger partial charge in [0, 0.05) is 6.61 Å². The second-order valence-electron chi connectivity index (χ2n) is 5.83. The van der Waals surface area contributed by atoms with Crippen LogP contribution < -0.4 is 5.32 Å². The lowest BCUT2D eigenvalue weighted by atomic mass is 10.1. The van der Waals surface area contributed by atoms with Gasteiger partial charge in [-0.3, -0.25) is 4.79 Å². The molecule has 1 aliphatic heterocycles. The summed E-state index contributed by atoms with van der Waals surface area (Å²) in [5, 5.41) is 17.6. The van der Waals surface area contributed by atoms with Crippen LogP contribution in [0.5, 0.6) is 0 Å². The molecule has 0 bridgehead atoms. The molecule has 1 N–H and O–H groups in total. The molecule has 1 fully saturated rings. The average Bonchev–Trinajstić information content (AvgIpc) is 3.09. The molecule has 1 amide bonds. The van der Waals surface area contributed by atoms with Crippen molar-refractivity contribution in [3.63, 3.8) is 0 Å². The van der Waals surface area contributed by atoms with Crippen LogP contribution >= 0.6 is 0 Å². The smallest absolute Gasteiger partial charge is 0.376 e. The Morgan fingerprint density at radius 2 is 2.36 bits per heavy atom. The van der Waals surface area contributed by atoms with E-state index >= 15 is 0 Å². The Labute approximate surface area is 129 Å². The normalized spacial score (nSPS) is 20.6. The number of ether oxygens (including phenoxy) is 1. The maximum absolute atomic E-state index is 12.2. The van der Waals surface area contributed by atoms with Crippen molar-refractivity contribution < 1.29 is 14.5 Å². The van der Waals surface area contributed by atoms with Crippen LogP contribution in [-0.2, 0) is 16.1 Å². The lowest BCUT2D eigenvalue weighted by Crippen LogP contribution is -2.43. The second kappa shape index (κ2) is 6.87. The fourth-order valence-electron chi connectivity index (χ4n) is 2.57. The molecule has 3 atom stereocenters. The van der Waals surface area contributed by atoms with Crippen molar-refractivity contribution in [1.82, 2.24) is 15.1 Å². The van der Waals surface area contributed by atoms with Crippen LogP contribution in [0.15, 0.2) is 6.07 Å². The Bertz CT molecular complexity index is 551. The van der Waals surface area contributed by atoms with Crippen LogP contribution in [0.25, 0.3) is 0 Å². The molecule has 8 nitrogen and oxygen atoms in total. The summed E-state index contributed by atoms with van der Waals surface area (Å²) in [7, 11) is 0. The van der Waals surface area contributed by atoms with Gasteiger partial charge in [0.2, 0.25) is 5.91 Å². The van der Waals surface area contributed by atoms with E-state index in [4.69, 9.17) is 4.74 Å². The zero-order valence-electron chi connectivity index (χ0n) is 13.1. The van der Waals surface area contributed by atoms with Gasteiger partial charge in [0.1, 0.15) is 0 Å². The van der Waals surface area contributed by atoms with Crippen LogP contribution in [0.3, 0.4) is 0 Å². The number of hydrogen-bond acceptors (Lipinski definition) is 5. The highest BCUT2D eigenvalue weighted by molar-refractivity contribution is 5.78. The number of amides is 1. The monoisotopic (exact) mass is 310 g/mol. The predicted octanol–water partition coefficient (Wildman–Crippen LogP) is 1.42. The summed E-state index contributed by atoms with van der Waals surface area (Å²) in [6.45, 7) is 6.51. The average molecular weight is 310 g/mol. The second-order valence-corrected chi connectivity index (χ2v) is 5.83. The van der Waals surface area contributed by atoms with Crippen LogP contribution in [0.1, 0.15) is 32.4 Å². The molecule has 1 aromatic heterocycles. The third-order valence-electron chi connectivity index (χ3n) is 3.94. The zero-order chi connectivity index (χ0) is 16.3. The van der Waals surface area contributed by atoms with Gasteiger partial charge >= 0.3 is 5.82 Å². The SMILES string of the molecule is Cc1cc([N+](=O)[O-])nn1C[C@H](C)C(=O)N[C@@H](C)[C@H]1CCCO1. The molecule has 122 valence electrons. The summed E-state index contributed by atoms with van der Waals surface area (Å²) in [5.74, 6) is -0.625. The Morgan fingerprint density at radius 1 is 1.64 bits per heavy atom. The number of carbonyl (C=O) groups excluding carboxylic acids is 1. The van der Waals surface area contributed by atoms with E-state index in [0.29, 0.717) is 12.2 Å². The van der Waals surface area contributed by atoms with E-state index in [1.165, 1.54) is 10.7 Å². The maximum atomic E-state index is 12.2. The van der Waals surface area contributed by atoms with Crippen molar-refractivity contribution in [3.8, 4) is 0 Å². The van der Waals surface area contributed by atoms with Gasteiger partial charge in [-0.05, 0) is 31.6 Å². The van der Waals surface area contributed by atoms with E-state index in [2.05, 4.69) is 10.4 Å². The predicted molar refractivity (Wildman–Crippen MR) is 79.4 cm³/mol. The van der Waals surface area contributed by atoms with Crippen molar-refractivity contribution in [3.05, 3.63) is 21.9 Å². The molecule has 1 aromatic rings. The molecule has 8 heteroatoms. The van der Waals surface area contributed by atoms with Gasteiger partial charge in [0.05, 0.1) is 41.5 Å². The first-order valence-corrected chi connectivity index (χ1v) is 7.49. The lowest BCUT2D eigenvalue weighted by Gasteiger charge is -2.22. The van der Waals surface area contributed by atoms with Crippen molar-refractivity contribution in [1.29, 1.82) is 0 Å². The fourth-order valence-corrected chi connectivity index (χ4v) is 2.57. The Balaban J connectivity index is 1.92. The quantitative estimate of drug-likeness (QED) is 0.633. The summed E-state index contributed by atoms with van der Waals surface area (Å²) in [5.41, 5.74) is 0.665. The molecule has 0 aliphatic carbocycles. The molecular weight excluding hydrogens is 288 g/mol. The van der Waals surface area contributed by atoms with Crippen LogP contribution in [0.2, 0.25) is 0 Å². The summed E-state index contributed by atoms with van der Waals surface area (Å²) in [6.07, 6.45) is 2.06. The molecular formula is C14H22N4O4. The molecule has 0 unspecified atom stereocenters. The summed E-state index contributed by atoms with van der Waals surface area (Å²) < 4.78 is 7.05. The number of carbonyl (C=O) groups is 1. The molecule has 1 aliphatic rings. The first kappa shape index (κ1) is 16.4. The van der Waals surface area contributed by atoms with Gasteiger partial charge in [-0.15, -0.1) is 0 Å². The highest BCUT2D eigenvalue weighted by Gasteiger charge is 2.26. The topological polar surface area (TPSA) is 99.3 Å². The molecule has 2 heterocycles. The van der Waals surface area contributed by atoms with Gasteiger partial charge in [-0.25, -0.2) is 0 Å². The minimum atomic E-state index is -0.534. The maximum Gasteiger partial charge on any atom is 0.390 e. The standard InChI is InChI=1S/C14H22N4O4/c1-9(8-17-10(2)7-13(16-17)18(20)21)14(19)15-11(3)12-5-4-6-22-12/h7,9,11-12H,4-6,8H2,1-3H3,(H,15,19)/t9-,11-,12+/m0/s1. The number of rotatable bonds is 6. The lowest BCUT2D eigenvalue weighted by molar-refractivity contribution is -0.389. The van der Waals surface area contributed by atoms with Crippen molar-refractivity contribution in [2.75, 3.05) is 6.61 Å². The van der Waals surface area contributed by atoms with Gasteiger partial charge in [0.15, 0.2) is 0 Å². The summed E-state index contributed by atoms with van der Waals surface area (Å²) >= 11 is 0. The molecule has 0 saturated carbocycles. The van der Waals surface area contributed by atoms with E-state index in [1.807, 2.05) is 6.92 Å². The number of aromatic nitrogens is 2. The zero-order valence-corrected chi connectivity index (χ0v) is 13.1. The first-order valence-electron chi connectivity index (χ1n) is 7.49.